The molecule has 1 aromatic heterocycles. The summed E-state index contributed by atoms with van der Waals surface area (Å²) in [7, 11) is 0. The number of benzene rings is 1. The van der Waals surface area contributed by atoms with Crippen molar-refractivity contribution >= 4 is 0 Å². The first-order valence-corrected chi connectivity index (χ1v) is 6.14. The molecule has 6 heteroatoms. The molecule has 102 valence electrons. The van der Waals surface area contributed by atoms with Crippen molar-refractivity contribution in [3.63, 3.8) is 0 Å². The van der Waals surface area contributed by atoms with E-state index in [1.807, 2.05) is 13.8 Å². The van der Waals surface area contributed by atoms with Crippen LogP contribution in [0.25, 0.3) is 11.4 Å². The van der Waals surface area contributed by atoms with Gasteiger partial charge in [0.05, 0.1) is 6.04 Å². The minimum atomic E-state index is -0.308. The normalized spacial score (nSPS) is 14.3. The summed E-state index contributed by atoms with van der Waals surface area (Å²) < 4.78 is 5.14. The average Bonchev–Trinajstić information content (AvgIpc) is 2.89. The molecule has 6 nitrogen and oxygen atoms in total. The van der Waals surface area contributed by atoms with Gasteiger partial charge in [-0.25, -0.2) is 0 Å². The van der Waals surface area contributed by atoms with Gasteiger partial charge < -0.3 is 20.5 Å². The zero-order valence-corrected chi connectivity index (χ0v) is 10.9. The molecule has 2 aromatic rings. The Morgan fingerprint density at radius 1 is 1.32 bits per heavy atom. The fourth-order valence-electron chi connectivity index (χ4n) is 1.65. The molecular weight excluding hydrogens is 246 g/mol. The zero-order chi connectivity index (χ0) is 14.0. The van der Waals surface area contributed by atoms with Gasteiger partial charge in [0.15, 0.2) is 11.5 Å². The van der Waals surface area contributed by atoms with Crippen LogP contribution in [-0.4, -0.2) is 20.4 Å². The van der Waals surface area contributed by atoms with E-state index in [9.17, 15) is 10.2 Å². The minimum Gasteiger partial charge on any atom is -0.504 e. The van der Waals surface area contributed by atoms with Crippen LogP contribution in [0, 0.1) is 5.92 Å². The van der Waals surface area contributed by atoms with Crippen molar-refractivity contribution in [3.05, 3.63) is 24.1 Å². The SMILES string of the molecule is CCC(C)[C@H](N)c1nc(-c2ccc(O)c(O)c2)no1. The van der Waals surface area contributed by atoms with Crippen LogP contribution >= 0.6 is 0 Å². The smallest absolute Gasteiger partial charge is 0.244 e. The highest BCUT2D eigenvalue weighted by Gasteiger charge is 2.20. The van der Waals surface area contributed by atoms with Crippen LogP contribution in [0.5, 0.6) is 11.5 Å². The largest absolute Gasteiger partial charge is 0.504 e. The molecule has 0 aliphatic rings. The summed E-state index contributed by atoms with van der Waals surface area (Å²) in [6.45, 7) is 4.06. The van der Waals surface area contributed by atoms with Gasteiger partial charge in [-0.15, -0.1) is 0 Å². The molecule has 4 N–H and O–H groups in total. The summed E-state index contributed by atoms with van der Waals surface area (Å²) in [5.41, 5.74) is 6.57. The quantitative estimate of drug-likeness (QED) is 0.730. The van der Waals surface area contributed by atoms with Crippen molar-refractivity contribution in [2.24, 2.45) is 11.7 Å². The Morgan fingerprint density at radius 2 is 2.05 bits per heavy atom. The second-order valence-corrected chi connectivity index (χ2v) is 4.57. The van der Waals surface area contributed by atoms with Gasteiger partial charge in [0.25, 0.3) is 0 Å². The van der Waals surface area contributed by atoms with E-state index in [0.717, 1.165) is 6.42 Å². The Labute approximate surface area is 110 Å². The molecule has 0 spiro atoms. The highest BCUT2D eigenvalue weighted by molar-refractivity contribution is 5.59. The summed E-state index contributed by atoms with van der Waals surface area (Å²) in [4.78, 5) is 4.22. The lowest BCUT2D eigenvalue weighted by molar-refractivity contribution is 0.312. The molecule has 0 radical (unpaired) electrons. The maximum atomic E-state index is 9.44. The Balaban J connectivity index is 2.27. The molecule has 1 unspecified atom stereocenters. The molecular formula is C13H17N3O3. The third-order valence-electron chi connectivity index (χ3n) is 3.22. The maximum Gasteiger partial charge on any atom is 0.244 e. The first kappa shape index (κ1) is 13.4. The first-order chi connectivity index (χ1) is 9.02. The molecule has 0 saturated carbocycles. The molecule has 2 atom stereocenters. The second-order valence-electron chi connectivity index (χ2n) is 4.57. The van der Waals surface area contributed by atoms with E-state index in [2.05, 4.69) is 10.1 Å². The van der Waals surface area contributed by atoms with E-state index in [1.54, 1.807) is 6.07 Å². The second kappa shape index (κ2) is 5.27. The van der Waals surface area contributed by atoms with Crippen molar-refractivity contribution in [2.45, 2.75) is 26.3 Å². The number of hydrogen-bond donors (Lipinski definition) is 3. The number of aromatic hydroxyl groups is 2. The fourth-order valence-corrected chi connectivity index (χ4v) is 1.65. The van der Waals surface area contributed by atoms with E-state index in [4.69, 9.17) is 10.3 Å². The lowest BCUT2D eigenvalue weighted by atomic mass is 10.0. The third-order valence-corrected chi connectivity index (χ3v) is 3.22. The highest BCUT2D eigenvalue weighted by Crippen LogP contribution is 2.30. The van der Waals surface area contributed by atoms with Gasteiger partial charge in [0.1, 0.15) is 0 Å². The van der Waals surface area contributed by atoms with Crippen LogP contribution in [0.4, 0.5) is 0 Å². The monoisotopic (exact) mass is 263 g/mol. The molecule has 0 aliphatic carbocycles. The summed E-state index contributed by atoms with van der Waals surface area (Å²) in [6.07, 6.45) is 0.916. The molecule has 0 bridgehead atoms. The predicted octanol–water partition coefficient (Wildman–Crippen LogP) is 2.19. The minimum absolute atomic E-state index is 0.191. The summed E-state index contributed by atoms with van der Waals surface area (Å²) in [5, 5.41) is 22.5. The Hall–Kier alpha value is -2.08. The van der Waals surface area contributed by atoms with Gasteiger partial charge >= 0.3 is 0 Å². The lowest BCUT2D eigenvalue weighted by Gasteiger charge is -2.12. The number of nitrogens with zero attached hydrogens (tertiary/aromatic N) is 2. The zero-order valence-electron chi connectivity index (χ0n) is 10.9. The number of nitrogens with two attached hydrogens (primary N) is 1. The van der Waals surface area contributed by atoms with Crippen molar-refractivity contribution in [3.8, 4) is 22.9 Å². The Bertz CT molecular complexity index is 568. The predicted molar refractivity (Wildman–Crippen MR) is 69.4 cm³/mol. The van der Waals surface area contributed by atoms with Crippen LogP contribution in [0.3, 0.4) is 0 Å². The van der Waals surface area contributed by atoms with Crippen molar-refractivity contribution in [1.29, 1.82) is 0 Å². The maximum absolute atomic E-state index is 9.44. The molecule has 2 rings (SSSR count). The van der Waals surface area contributed by atoms with Gasteiger partial charge in [-0.2, -0.15) is 4.98 Å². The molecule has 0 amide bonds. The summed E-state index contributed by atoms with van der Waals surface area (Å²) in [6, 6.07) is 4.03. The van der Waals surface area contributed by atoms with Crippen LogP contribution in [0.2, 0.25) is 0 Å². The summed E-state index contributed by atoms with van der Waals surface area (Å²) in [5.74, 6) is 0.529. The van der Waals surface area contributed by atoms with Crippen molar-refractivity contribution in [2.75, 3.05) is 0 Å². The number of hydrogen-bond acceptors (Lipinski definition) is 6. The standard InChI is InChI=1S/C13H17N3O3/c1-3-7(2)11(14)13-15-12(16-19-13)8-4-5-9(17)10(18)6-8/h4-7,11,17-18H,3,14H2,1-2H3/t7?,11-/m0/s1. The van der Waals surface area contributed by atoms with Gasteiger partial charge in [-0.05, 0) is 24.1 Å². The highest BCUT2D eigenvalue weighted by atomic mass is 16.5. The number of aromatic nitrogens is 2. The fraction of sp³-hybridized carbons (Fsp3) is 0.385. The lowest BCUT2D eigenvalue weighted by Crippen LogP contribution is -2.18. The molecule has 1 heterocycles. The van der Waals surface area contributed by atoms with E-state index in [0.29, 0.717) is 17.3 Å². The van der Waals surface area contributed by atoms with Gasteiger partial charge in [0, 0.05) is 5.56 Å². The van der Waals surface area contributed by atoms with Crippen molar-refractivity contribution in [1.82, 2.24) is 10.1 Å². The van der Waals surface area contributed by atoms with Gasteiger partial charge in [-0.3, -0.25) is 0 Å². The molecule has 0 fully saturated rings. The number of phenolic OH excluding ortho intramolecular Hbond substituents is 2. The molecule has 0 saturated heterocycles. The molecule has 19 heavy (non-hydrogen) atoms. The Kier molecular flexibility index (Phi) is 3.71. The van der Waals surface area contributed by atoms with E-state index in [1.165, 1.54) is 12.1 Å². The van der Waals surface area contributed by atoms with E-state index >= 15 is 0 Å². The van der Waals surface area contributed by atoms with Gasteiger partial charge in [0.2, 0.25) is 11.7 Å². The third kappa shape index (κ3) is 2.68. The van der Waals surface area contributed by atoms with Crippen LogP contribution in [-0.2, 0) is 0 Å². The van der Waals surface area contributed by atoms with E-state index < -0.39 is 0 Å². The summed E-state index contributed by atoms with van der Waals surface area (Å²) >= 11 is 0. The first-order valence-electron chi connectivity index (χ1n) is 6.14. The van der Waals surface area contributed by atoms with Crippen LogP contribution in [0.15, 0.2) is 22.7 Å². The number of phenols is 2. The van der Waals surface area contributed by atoms with E-state index in [-0.39, 0.29) is 23.5 Å². The number of rotatable bonds is 4. The topological polar surface area (TPSA) is 105 Å². The van der Waals surface area contributed by atoms with Crippen LogP contribution in [0.1, 0.15) is 32.2 Å². The Morgan fingerprint density at radius 3 is 2.68 bits per heavy atom. The molecule has 0 aliphatic heterocycles. The molecule has 1 aromatic carbocycles. The van der Waals surface area contributed by atoms with Crippen molar-refractivity contribution < 1.29 is 14.7 Å². The van der Waals surface area contributed by atoms with Crippen LogP contribution < -0.4 is 5.73 Å². The van der Waals surface area contributed by atoms with Gasteiger partial charge in [-0.1, -0.05) is 25.4 Å². The average molecular weight is 263 g/mol.